The minimum absolute atomic E-state index is 0.00222. The third-order valence-electron chi connectivity index (χ3n) is 3.10. The molecule has 0 aromatic heterocycles. The van der Waals surface area contributed by atoms with Crippen LogP contribution in [-0.4, -0.2) is 18.8 Å². The Labute approximate surface area is 80.3 Å². The molecule has 1 saturated carbocycles. The molecule has 0 saturated heterocycles. The van der Waals surface area contributed by atoms with Gasteiger partial charge in [0, 0.05) is 7.11 Å². The molecule has 3 N–H and O–H groups in total. The van der Waals surface area contributed by atoms with Gasteiger partial charge in [0.1, 0.15) is 0 Å². The topological polar surface area (TPSA) is 47.3 Å². The summed E-state index contributed by atoms with van der Waals surface area (Å²) in [4.78, 5) is 0. The zero-order valence-corrected chi connectivity index (χ0v) is 8.38. The first kappa shape index (κ1) is 10.7. The van der Waals surface area contributed by atoms with Gasteiger partial charge < -0.3 is 4.74 Å². The van der Waals surface area contributed by atoms with Gasteiger partial charge >= 0.3 is 0 Å². The monoisotopic (exact) mass is 184 g/mol. The van der Waals surface area contributed by atoms with Gasteiger partial charge in [-0.2, -0.15) is 0 Å². The Hall–Kier alpha value is -0.380. The van der Waals surface area contributed by atoms with Crippen molar-refractivity contribution in [2.24, 2.45) is 5.84 Å². The van der Waals surface area contributed by atoms with Gasteiger partial charge in [-0.05, 0) is 32.1 Å². The van der Waals surface area contributed by atoms with Gasteiger partial charge in [0.25, 0.3) is 0 Å². The normalized spacial score (nSPS) is 22.0. The highest BCUT2D eigenvalue weighted by atomic mass is 16.5. The van der Waals surface area contributed by atoms with Gasteiger partial charge in [-0.1, -0.05) is 6.08 Å². The number of nitrogens with one attached hydrogen (secondary N) is 1. The van der Waals surface area contributed by atoms with E-state index in [1.165, 1.54) is 6.42 Å². The van der Waals surface area contributed by atoms with E-state index in [4.69, 9.17) is 10.6 Å². The fourth-order valence-corrected chi connectivity index (χ4v) is 2.00. The predicted molar refractivity (Wildman–Crippen MR) is 54.1 cm³/mol. The minimum atomic E-state index is -0.00222. The third-order valence-corrected chi connectivity index (χ3v) is 3.10. The van der Waals surface area contributed by atoms with Crippen molar-refractivity contribution in [1.29, 1.82) is 0 Å². The van der Waals surface area contributed by atoms with Gasteiger partial charge in [-0.3, -0.25) is 11.3 Å². The van der Waals surface area contributed by atoms with Crippen molar-refractivity contribution in [1.82, 2.24) is 5.43 Å². The second-order valence-corrected chi connectivity index (χ2v) is 3.71. The summed E-state index contributed by atoms with van der Waals surface area (Å²) in [6, 6.07) is 0.268. The Morgan fingerprint density at radius 1 is 1.69 bits per heavy atom. The molecule has 1 unspecified atom stereocenters. The Balaban J connectivity index is 2.47. The van der Waals surface area contributed by atoms with Crippen molar-refractivity contribution >= 4 is 0 Å². The second kappa shape index (κ2) is 4.74. The minimum Gasteiger partial charge on any atom is -0.377 e. The van der Waals surface area contributed by atoms with E-state index in [2.05, 4.69) is 12.0 Å². The van der Waals surface area contributed by atoms with Crippen LogP contribution in [0.3, 0.4) is 0 Å². The molecule has 3 heteroatoms. The molecule has 1 aliphatic carbocycles. The summed E-state index contributed by atoms with van der Waals surface area (Å²) >= 11 is 0. The van der Waals surface area contributed by atoms with Crippen LogP contribution < -0.4 is 11.3 Å². The predicted octanol–water partition coefficient (Wildman–Crippen LogP) is 1.35. The number of hydrogen-bond donors (Lipinski definition) is 2. The lowest BCUT2D eigenvalue weighted by Gasteiger charge is -2.46. The summed E-state index contributed by atoms with van der Waals surface area (Å²) in [5.74, 6) is 5.52. The largest absolute Gasteiger partial charge is 0.377 e. The van der Waals surface area contributed by atoms with E-state index in [1.807, 2.05) is 6.08 Å². The molecular weight excluding hydrogens is 164 g/mol. The summed E-state index contributed by atoms with van der Waals surface area (Å²) in [6.45, 7) is 3.71. The lowest BCUT2D eigenvalue weighted by atomic mass is 9.73. The molecular formula is C10H20N2O. The first-order chi connectivity index (χ1) is 6.29. The maximum Gasteiger partial charge on any atom is 0.0844 e. The lowest BCUT2D eigenvalue weighted by Crippen LogP contribution is -2.58. The molecule has 0 spiro atoms. The van der Waals surface area contributed by atoms with E-state index in [1.54, 1.807) is 7.11 Å². The summed E-state index contributed by atoms with van der Waals surface area (Å²) in [5, 5.41) is 0. The third kappa shape index (κ3) is 2.10. The van der Waals surface area contributed by atoms with Crippen LogP contribution in [-0.2, 0) is 4.74 Å². The average molecular weight is 184 g/mol. The summed E-state index contributed by atoms with van der Waals surface area (Å²) < 4.78 is 5.55. The first-order valence-electron chi connectivity index (χ1n) is 4.91. The van der Waals surface area contributed by atoms with Crippen molar-refractivity contribution in [3.63, 3.8) is 0 Å². The van der Waals surface area contributed by atoms with E-state index in [0.29, 0.717) is 0 Å². The number of ether oxygens (including phenoxy) is 1. The van der Waals surface area contributed by atoms with E-state index in [0.717, 1.165) is 25.7 Å². The highest BCUT2D eigenvalue weighted by Crippen LogP contribution is 2.39. The number of nitrogens with two attached hydrogens (primary N) is 1. The molecule has 13 heavy (non-hydrogen) atoms. The number of hydrogen-bond acceptors (Lipinski definition) is 3. The van der Waals surface area contributed by atoms with Gasteiger partial charge in [-0.25, -0.2) is 0 Å². The molecule has 1 rings (SSSR count). The number of hydrazine groups is 1. The van der Waals surface area contributed by atoms with E-state index < -0.39 is 0 Å². The molecule has 0 heterocycles. The molecule has 0 aromatic carbocycles. The van der Waals surface area contributed by atoms with Gasteiger partial charge in [-0.15, -0.1) is 6.58 Å². The van der Waals surface area contributed by atoms with E-state index in [9.17, 15) is 0 Å². The zero-order valence-electron chi connectivity index (χ0n) is 8.38. The second-order valence-electron chi connectivity index (χ2n) is 3.71. The Morgan fingerprint density at radius 2 is 2.38 bits per heavy atom. The van der Waals surface area contributed by atoms with E-state index in [-0.39, 0.29) is 11.6 Å². The van der Waals surface area contributed by atoms with Crippen LogP contribution in [0.1, 0.15) is 32.1 Å². The van der Waals surface area contributed by atoms with Crippen molar-refractivity contribution < 1.29 is 4.74 Å². The Kier molecular flexibility index (Phi) is 3.90. The molecule has 76 valence electrons. The smallest absolute Gasteiger partial charge is 0.0844 e. The van der Waals surface area contributed by atoms with Crippen LogP contribution in [0.25, 0.3) is 0 Å². The standard InChI is InChI=1S/C10H20N2O/c1-3-4-6-9(12-11)10(13-2)7-5-8-10/h3,9,12H,1,4-8,11H2,2H3. The molecule has 0 bridgehead atoms. The van der Waals surface area contributed by atoms with Crippen LogP contribution >= 0.6 is 0 Å². The van der Waals surface area contributed by atoms with Crippen LogP contribution in [0.15, 0.2) is 12.7 Å². The molecule has 1 aliphatic rings. The lowest BCUT2D eigenvalue weighted by molar-refractivity contribution is -0.0998. The molecule has 0 aromatic rings. The summed E-state index contributed by atoms with van der Waals surface area (Å²) in [5.41, 5.74) is 2.86. The SMILES string of the molecule is C=CCCC(NN)C1(OC)CCC1. The van der Waals surface area contributed by atoms with Crippen molar-refractivity contribution in [2.75, 3.05) is 7.11 Å². The van der Waals surface area contributed by atoms with Crippen LogP contribution in [0.5, 0.6) is 0 Å². The summed E-state index contributed by atoms with van der Waals surface area (Å²) in [7, 11) is 1.78. The molecule has 0 amide bonds. The van der Waals surface area contributed by atoms with Crippen LogP contribution in [0.4, 0.5) is 0 Å². The summed E-state index contributed by atoms with van der Waals surface area (Å²) in [6.07, 6.45) is 7.41. The first-order valence-corrected chi connectivity index (χ1v) is 4.91. The zero-order chi connectivity index (χ0) is 9.73. The maximum atomic E-state index is 5.55. The van der Waals surface area contributed by atoms with Crippen molar-refractivity contribution in [3.05, 3.63) is 12.7 Å². The fraction of sp³-hybridized carbons (Fsp3) is 0.800. The molecule has 3 nitrogen and oxygen atoms in total. The van der Waals surface area contributed by atoms with Crippen molar-refractivity contribution in [2.45, 2.75) is 43.7 Å². The molecule has 1 fully saturated rings. The van der Waals surface area contributed by atoms with Gasteiger partial charge in [0.05, 0.1) is 11.6 Å². The van der Waals surface area contributed by atoms with E-state index >= 15 is 0 Å². The van der Waals surface area contributed by atoms with Gasteiger partial charge in [0.2, 0.25) is 0 Å². The molecule has 0 radical (unpaired) electrons. The van der Waals surface area contributed by atoms with Crippen LogP contribution in [0, 0.1) is 0 Å². The highest BCUT2D eigenvalue weighted by Gasteiger charge is 2.43. The fourth-order valence-electron chi connectivity index (χ4n) is 2.00. The Bertz CT molecular complexity index is 161. The van der Waals surface area contributed by atoms with Gasteiger partial charge in [0.15, 0.2) is 0 Å². The average Bonchev–Trinajstić information content (AvgIpc) is 2.09. The number of methoxy groups -OCH3 is 1. The quantitative estimate of drug-likeness (QED) is 0.372. The number of rotatable bonds is 6. The molecule has 0 aliphatic heterocycles. The highest BCUT2D eigenvalue weighted by molar-refractivity contribution is 4.99. The molecule has 1 atom stereocenters. The number of allylic oxidation sites excluding steroid dienone is 1. The van der Waals surface area contributed by atoms with Crippen molar-refractivity contribution in [3.8, 4) is 0 Å². The van der Waals surface area contributed by atoms with Crippen LogP contribution in [0.2, 0.25) is 0 Å². The Morgan fingerprint density at radius 3 is 2.69 bits per heavy atom. The maximum absolute atomic E-state index is 5.55.